The molecule has 372 valence electrons. The van der Waals surface area contributed by atoms with Crippen LogP contribution in [0.2, 0.25) is 0 Å². The van der Waals surface area contributed by atoms with Crippen LogP contribution in [0.4, 0.5) is 0 Å². The average molecular weight is 889 g/mol. The van der Waals surface area contributed by atoms with E-state index in [1.165, 1.54) is 212 Å². The summed E-state index contributed by atoms with van der Waals surface area (Å²) in [6.07, 6.45) is 59.1. The number of esters is 3. The highest BCUT2D eigenvalue weighted by Gasteiger charge is 2.19. The second-order valence-corrected chi connectivity index (χ2v) is 19.2. The minimum atomic E-state index is -0.767. The summed E-state index contributed by atoms with van der Waals surface area (Å²) >= 11 is 0. The number of unbranched alkanes of at least 4 members (excludes halogenated alkanes) is 39. The molecule has 63 heavy (non-hydrogen) atoms. The van der Waals surface area contributed by atoms with Crippen LogP contribution in [0.1, 0.15) is 316 Å². The van der Waals surface area contributed by atoms with Gasteiger partial charge in [-0.1, -0.05) is 264 Å². The standard InChI is InChI=1S/C57H108O6/c1-4-7-10-13-16-19-22-25-27-28-30-33-36-39-42-45-48-51-57(60)63-54(52-61-55(58)49-46-43-40-37-34-31-24-21-18-15-12-9-6-3)53-62-56(59)50-47-44-41-38-35-32-29-26-23-20-17-14-11-8-5-2/h21,24,54H,4-20,22-23,25-53H2,1-3H3/b24-21-/t54-/m1/s1. The Kier molecular flexibility index (Phi) is 51.2. The van der Waals surface area contributed by atoms with Gasteiger partial charge in [-0.25, -0.2) is 0 Å². The van der Waals surface area contributed by atoms with E-state index >= 15 is 0 Å². The van der Waals surface area contributed by atoms with Crippen molar-refractivity contribution in [2.45, 2.75) is 322 Å². The first-order valence-electron chi connectivity index (χ1n) is 28.2. The summed E-state index contributed by atoms with van der Waals surface area (Å²) in [5, 5.41) is 0. The molecule has 0 rings (SSSR count). The molecule has 0 aromatic rings. The zero-order chi connectivity index (χ0) is 45.8. The highest BCUT2D eigenvalue weighted by molar-refractivity contribution is 5.71. The van der Waals surface area contributed by atoms with Gasteiger partial charge >= 0.3 is 17.9 Å². The quantitative estimate of drug-likeness (QED) is 0.0262. The van der Waals surface area contributed by atoms with Gasteiger partial charge in [-0.3, -0.25) is 14.4 Å². The molecule has 0 spiro atoms. The Labute approximate surface area is 392 Å². The van der Waals surface area contributed by atoms with E-state index in [2.05, 4.69) is 32.9 Å². The maximum Gasteiger partial charge on any atom is 0.306 e. The zero-order valence-electron chi connectivity index (χ0n) is 42.6. The highest BCUT2D eigenvalue weighted by atomic mass is 16.6. The molecule has 0 aliphatic heterocycles. The van der Waals surface area contributed by atoms with Gasteiger partial charge in [0.25, 0.3) is 0 Å². The maximum absolute atomic E-state index is 12.8. The van der Waals surface area contributed by atoms with Crippen molar-refractivity contribution >= 4 is 17.9 Å². The van der Waals surface area contributed by atoms with Gasteiger partial charge < -0.3 is 14.2 Å². The second-order valence-electron chi connectivity index (χ2n) is 19.2. The molecule has 0 aromatic carbocycles. The first kappa shape index (κ1) is 61.1. The normalized spacial score (nSPS) is 12.0. The minimum absolute atomic E-state index is 0.0666. The number of carbonyl (C=O) groups is 3. The van der Waals surface area contributed by atoms with Gasteiger partial charge in [0, 0.05) is 19.3 Å². The van der Waals surface area contributed by atoms with Crippen molar-refractivity contribution in [2.75, 3.05) is 13.2 Å². The molecule has 1 atom stereocenters. The highest BCUT2D eigenvalue weighted by Crippen LogP contribution is 2.17. The first-order chi connectivity index (χ1) is 31.0. The molecule has 0 heterocycles. The number of carbonyl (C=O) groups excluding carboxylic acids is 3. The van der Waals surface area contributed by atoms with Crippen molar-refractivity contribution in [3.05, 3.63) is 12.2 Å². The summed E-state index contributed by atoms with van der Waals surface area (Å²) in [6, 6.07) is 0. The molecular formula is C57H108O6. The number of ether oxygens (including phenoxy) is 3. The summed E-state index contributed by atoms with van der Waals surface area (Å²) in [5.41, 5.74) is 0. The number of allylic oxidation sites excluding steroid dienone is 2. The summed E-state index contributed by atoms with van der Waals surface area (Å²) in [4.78, 5) is 38.1. The van der Waals surface area contributed by atoms with Gasteiger partial charge in [0.15, 0.2) is 6.10 Å². The molecule has 0 unspecified atom stereocenters. The summed E-state index contributed by atoms with van der Waals surface area (Å²) < 4.78 is 16.9. The van der Waals surface area contributed by atoms with Crippen molar-refractivity contribution < 1.29 is 28.6 Å². The Balaban J connectivity index is 4.31. The fraction of sp³-hybridized carbons (Fsp3) is 0.912. The van der Waals surface area contributed by atoms with E-state index in [-0.39, 0.29) is 31.1 Å². The Morgan fingerprint density at radius 3 is 0.810 bits per heavy atom. The van der Waals surface area contributed by atoms with Crippen LogP contribution in [-0.4, -0.2) is 37.2 Å². The van der Waals surface area contributed by atoms with E-state index in [0.29, 0.717) is 19.3 Å². The fourth-order valence-corrected chi connectivity index (χ4v) is 8.50. The van der Waals surface area contributed by atoms with Crippen LogP contribution in [0.5, 0.6) is 0 Å². The van der Waals surface area contributed by atoms with Crippen LogP contribution in [0.15, 0.2) is 12.2 Å². The zero-order valence-corrected chi connectivity index (χ0v) is 42.6. The van der Waals surface area contributed by atoms with Crippen molar-refractivity contribution in [2.24, 2.45) is 0 Å². The molecule has 0 aliphatic rings. The van der Waals surface area contributed by atoms with Crippen molar-refractivity contribution in [3.8, 4) is 0 Å². The SMILES string of the molecule is CCCCCC/C=C\CCCCCCCC(=O)OC[C@H](COC(=O)CCCCCCCCCCCCCCCCC)OC(=O)CCCCCCCCCCCCCCCCCCC. The van der Waals surface area contributed by atoms with Gasteiger partial charge in [0.1, 0.15) is 13.2 Å². The van der Waals surface area contributed by atoms with Crippen LogP contribution in [-0.2, 0) is 28.6 Å². The lowest BCUT2D eigenvalue weighted by atomic mass is 10.0. The van der Waals surface area contributed by atoms with Crippen LogP contribution in [0, 0.1) is 0 Å². The van der Waals surface area contributed by atoms with Gasteiger partial charge in [0.2, 0.25) is 0 Å². The van der Waals surface area contributed by atoms with E-state index in [0.717, 1.165) is 64.2 Å². The lowest BCUT2D eigenvalue weighted by Gasteiger charge is -2.18. The van der Waals surface area contributed by atoms with Crippen LogP contribution in [0.3, 0.4) is 0 Å². The molecule has 0 saturated carbocycles. The molecular weight excluding hydrogens is 781 g/mol. The van der Waals surface area contributed by atoms with Gasteiger partial charge in [0.05, 0.1) is 0 Å². The Bertz CT molecular complexity index is 978. The van der Waals surface area contributed by atoms with Gasteiger partial charge in [-0.15, -0.1) is 0 Å². The van der Waals surface area contributed by atoms with Crippen LogP contribution in [0.25, 0.3) is 0 Å². The van der Waals surface area contributed by atoms with Crippen molar-refractivity contribution in [1.29, 1.82) is 0 Å². The Hall–Kier alpha value is -1.85. The Morgan fingerprint density at radius 1 is 0.302 bits per heavy atom. The van der Waals surface area contributed by atoms with E-state index < -0.39 is 6.10 Å². The number of hydrogen-bond donors (Lipinski definition) is 0. The predicted molar refractivity (Wildman–Crippen MR) is 270 cm³/mol. The fourth-order valence-electron chi connectivity index (χ4n) is 8.50. The van der Waals surface area contributed by atoms with Crippen molar-refractivity contribution in [1.82, 2.24) is 0 Å². The molecule has 0 bridgehead atoms. The molecule has 6 nitrogen and oxygen atoms in total. The van der Waals surface area contributed by atoms with E-state index in [9.17, 15) is 14.4 Å². The van der Waals surface area contributed by atoms with E-state index in [4.69, 9.17) is 14.2 Å². The summed E-state index contributed by atoms with van der Waals surface area (Å²) in [7, 11) is 0. The third-order valence-corrected chi connectivity index (χ3v) is 12.8. The van der Waals surface area contributed by atoms with Gasteiger partial charge in [-0.05, 0) is 44.9 Å². The molecule has 0 fully saturated rings. The summed E-state index contributed by atoms with van der Waals surface area (Å²) in [6.45, 7) is 6.67. The third-order valence-electron chi connectivity index (χ3n) is 12.8. The molecule has 0 aromatic heterocycles. The average Bonchev–Trinajstić information content (AvgIpc) is 3.28. The largest absolute Gasteiger partial charge is 0.462 e. The topological polar surface area (TPSA) is 78.9 Å². The molecule has 0 radical (unpaired) electrons. The molecule has 6 heteroatoms. The molecule has 0 amide bonds. The lowest BCUT2D eigenvalue weighted by molar-refractivity contribution is -0.167. The van der Waals surface area contributed by atoms with E-state index in [1.807, 2.05) is 0 Å². The smallest absolute Gasteiger partial charge is 0.306 e. The van der Waals surface area contributed by atoms with Gasteiger partial charge in [-0.2, -0.15) is 0 Å². The molecule has 0 saturated heterocycles. The Morgan fingerprint density at radius 2 is 0.524 bits per heavy atom. The minimum Gasteiger partial charge on any atom is -0.462 e. The second kappa shape index (κ2) is 52.8. The monoisotopic (exact) mass is 889 g/mol. The molecule has 0 aliphatic carbocycles. The summed E-state index contributed by atoms with van der Waals surface area (Å²) in [5.74, 6) is -0.853. The van der Waals surface area contributed by atoms with E-state index in [1.54, 1.807) is 0 Å². The molecule has 0 N–H and O–H groups in total. The maximum atomic E-state index is 12.8. The third kappa shape index (κ3) is 51.0. The lowest BCUT2D eigenvalue weighted by Crippen LogP contribution is -2.30. The number of hydrogen-bond acceptors (Lipinski definition) is 6. The number of rotatable bonds is 52. The predicted octanol–water partition coefficient (Wildman–Crippen LogP) is 18.5. The van der Waals surface area contributed by atoms with Crippen LogP contribution < -0.4 is 0 Å². The van der Waals surface area contributed by atoms with Crippen molar-refractivity contribution in [3.63, 3.8) is 0 Å². The van der Waals surface area contributed by atoms with Crippen LogP contribution >= 0.6 is 0 Å². The first-order valence-corrected chi connectivity index (χ1v) is 28.2.